The molecule has 4 aromatic rings. The zero-order valence-electron chi connectivity index (χ0n) is 19.3. The number of hydrogen-bond donors (Lipinski definition) is 2. The van der Waals surface area contributed by atoms with E-state index in [2.05, 4.69) is 48.9 Å². The van der Waals surface area contributed by atoms with E-state index in [0.717, 1.165) is 34.5 Å². The van der Waals surface area contributed by atoms with Crippen molar-refractivity contribution in [2.75, 3.05) is 15.9 Å². The second-order valence-corrected chi connectivity index (χ2v) is 10.7. The highest BCUT2D eigenvalue weighted by Gasteiger charge is 2.41. The monoisotopic (exact) mass is 503 g/mol. The maximum absolute atomic E-state index is 11.7. The van der Waals surface area contributed by atoms with Crippen LogP contribution in [0.25, 0.3) is 5.69 Å². The molecule has 7 nitrogen and oxygen atoms in total. The molecule has 0 saturated carbocycles. The summed E-state index contributed by atoms with van der Waals surface area (Å²) in [4.78, 5) is 6.68. The fourth-order valence-corrected chi connectivity index (χ4v) is 5.41. The average molecular weight is 504 g/mol. The van der Waals surface area contributed by atoms with Crippen molar-refractivity contribution in [1.29, 1.82) is 0 Å². The molecule has 1 fully saturated rings. The molecule has 0 unspecified atom stereocenters. The molecule has 1 aliphatic rings. The van der Waals surface area contributed by atoms with E-state index in [1.807, 2.05) is 61.7 Å². The topological polar surface area (TPSA) is 79.3 Å². The zero-order chi connectivity index (χ0) is 24.6. The molecule has 2 aromatic carbocycles. The van der Waals surface area contributed by atoms with Gasteiger partial charge in [-0.15, -0.1) is 0 Å². The largest absolute Gasteiger partial charge is 0.351 e. The lowest BCUT2D eigenvalue weighted by Gasteiger charge is -2.28. The third-order valence-electron chi connectivity index (χ3n) is 5.99. The standard InChI is InChI=1S/C26H25N5O2S2/c1-18-16-21(11-12-22(18)29-35(2,32)33)31-25(24(28-26(31)34)23-10-6-7-14-27-23)19-13-15-30(17-19)20-8-4-3-5-9-20/h3-17,24-25,29H,1-2H3,(H,28,34)/t24-,25+/m1/s1. The number of hydrogen-bond acceptors (Lipinski definition) is 4. The Bertz CT molecular complexity index is 1470. The molecule has 178 valence electrons. The second kappa shape index (κ2) is 9.16. The third kappa shape index (κ3) is 4.78. The fourth-order valence-electron chi connectivity index (χ4n) is 4.43. The summed E-state index contributed by atoms with van der Waals surface area (Å²) >= 11 is 5.81. The third-order valence-corrected chi connectivity index (χ3v) is 6.90. The van der Waals surface area contributed by atoms with E-state index in [1.165, 1.54) is 0 Å². The van der Waals surface area contributed by atoms with Crippen molar-refractivity contribution in [3.05, 3.63) is 108 Å². The number of benzene rings is 2. The Labute approximate surface area is 210 Å². The van der Waals surface area contributed by atoms with Crippen LogP contribution in [0.15, 0.2) is 91.4 Å². The molecule has 3 heterocycles. The fraction of sp³-hybridized carbons (Fsp3) is 0.154. The lowest BCUT2D eigenvalue weighted by Crippen LogP contribution is -2.29. The van der Waals surface area contributed by atoms with Crippen molar-refractivity contribution in [1.82, 2.24) is 14.9 Å². The van der Waals surface area contributed by atoms with Crippen molar-refractivity contribution < 1.29 is 8.42 Å². The molecule has 9 heteroatoms. The molecule has 0 radical (unpaired) electrons. The first-order chi connectivity index (χ1) is 16.8. The maximum atomic E-state index is 11.7. The van der Waals surface area contributed by atoms with Crippen molar-refractivity contribution in [3.8, 4) is 5.69 Å². The van der Waals surface area contributed by atoms with E-state index < -0.39 is 10.0 Å². The number of nitrogens with zero attached hydrogens (tertiary/aromatic N) is 3. The van der Waals surface area contributed by atoms with Gasteiger partial charge in [-0.25, -0.2) is 8.42 Å². The van der Waals surface area contributed by atoms with Crippen LogP contribution >= 0.6 is 12.2 Å². The minimum absolute atomic E-state index is 0.157. The minimum atomic E-state index is -3.38. The summed E-state index contributed by atoms with van der Waals surface area (Å²) in [6, 6.07) is 23.4. The van der Waals surface area contributed by atoms with E-state index in [1.54, 1.807) is 12.3 Å². The SMILES string of the molecule is Cc1cc(N2C(=S)N[C@H](c3ccccn3)[C@@H]2c2ccn(-c3ccccc3)c2)ccc1NS(C)(=O)=O. The lowest BCUT2D eigenvalue weighted by molar-refractivity contribution is 0.568. The van der Waals surface area contributed by atoms with E-state index in [-0.39, 0.29) is 12.1 Å². The highest BCUT2D eigenvalue weighted by atomic mass is 32.2. The number of pyridine rings is 1. The van der Waals surface area contributed by atoms with Crippen molar-refractivity contribution >= 4 is 38.7 Å². The van der Waals surface area contributed by atoms with E-state index in [9.17, 15) is 8.42 Å². The number of anilines is 2. The van der Waals surface area contributed by atoms with Gasteiger partial charge >= 0.3 is 0 Å². The van der Waals surface area contributed by atoms with Crippen molar-refractivity contribution in [2.24, 2.45) is 0 Å². The van der Waals surface area contributed by atoms with Gasteiger partial charge in [-0.05, 0) is 78.8 Å². The van der Waals surface area contributed by atoms with Crippen molar-refractivity contribution in [2.45, 2.75) is 19.0 Å². The number of aryl methyl sites for hydroxylation is 1. The molecule has 1 aliphatic heterocycles. The number of aromatic nitrogens is 2. The van der Waals surface area contributed by atoms with Gasteiger partial charge in [0, 0.05) is 30.0 Å². The predicted molar refractivity (Wildman–Crippen MR) is 143 cm³/mol. The Kier molecular flexibility index (Phi) is 6.04. The van der Waals surface area contributed by atoms with Gasteiger partial charge in [0.05, 0.1) is 29.7 Å². The van der Waals surface area contributed by atoms with E-state index >= 15 is 0 Å². The van der Waals surface area contributed by atoms with Gasteiger partial charge in [0.1, 0.15) is 0 Å². The first-order valence-electron chi connectivity index (χ1n) is 11.1. The van der Waals surface area contributed by atoms with Crippen LogP contribution in [0.2, 0.25) is 0 Å². The van der Waals surface area contributed by atoms with Gasteiger partial charge in [0.25, 0.3) is 0 Å². The Morgan fingerprint density at radius 2 is 1.77 bits per heavy atom. The van der Waals surface area contributed by atoms with Gasteiger partial charge in [-0.1, -0.05) is 24.3 Å². The molecule has 2 N–H and O–H groups in total. The van der Waals surface area contributed by atoms with Gasteiger partial charge in [0.15, 0.2) is 5.11 Å². The van der Waals surface area contributed by atoms with Crippen molar-refractivity contribution in [3.63, 3.8) is 0 Å². The summed E-state index contributed by atoms with van der Waals surface area (Å²) in [5.74, 6) is 0. The Hall–Kier alpha value is -3.69. The maximum Gasteiger partial charge on any atom is 0.229 e. The summed E-state index contributed by atoms with van der Waals surface area (Å²) in [6.07, 6.45) is 7.09. The van der Waals surface area contributed by atoms with E-state index in [4.69, 9.17) is 12.2 Å². The van der Waals surface area contributed by atoms with Gasteiger partial charge in [-0.2, -0.15) is 0 Å². The van der Waals surface area contributed by atoms with E-state index in [0.29, 0.717) is 10.8 Å². The van der Waals surface area contributed by atoms with Crippen LogP contribution in [0.4, 0.5) is 11.4 Å². The minimum Gasteiger partial charge on any atom is -0.351 e. The molecule has 2 aromatic heterocycles. The van der Waals surface area contributed by atoms with Crippen LogP contribution < -0.4 is 14.9 Å². The highest BCUT2D eigenvalue weighted by Crippen LogP contribution is 2.42. The summed E-state index contributed by atoms with van der Waals surface area (Å²) in [6.45, 7) is 1.88. The van der Waals surface area contributed by atoms with Crippen LogP contribution in [-0.2, 0) is 10.0 Å². The Morgan fingerprint density at radius 3 is 2.46 bits per heavy atom. The number of para-hydroxylation sites is 1. The normalized spacial score (nSPS) is 17.9. The number of nitrogens with one attached hydrogen (secondary N) is 2. The summed E-state index contributed by atoms with van der Waals surface area (Å²) in [5.41, 5.74) is 5.25. The van der Waals surface area contributed by atoms with Crippen LogP contribution in [0.3, 0.4) is 0 Å². The smallest absolute Gasteiger partial charge is 0.229 e. The molecule has 2 atom stereocenters. The summed E-state index contributed by atoms with van der Waals surface area (Å²) < 4.78 is 28.1. The van der Waals surface area contributed by atoms with Crippen LogP contribution in [-0.4, -0.2) is 29.3 Å². The quantitative estimate of drug-likeness (QED) is 0.371. The molecule has 0 spiro atoms. The average Bonchev–Trinajstić information content (AvgIpc) is 3.45. The number of rotatable bonds is 6. The molecule has 5 rings (SSSR count). The number of thiocarbonyl (C=S) groups is 1. The summed E-state index contributed by atoms with van der Waals surface area (Å²) in [7, 11) is -3.38. The van der Waals surface area contributed by atoms with Gasteiger partial charge < -0.3 is 14.8 Å². The molecule has 35 heavy (non-hydrogen) atoms. The van der Waals surface area contributed by atoms with Crippen LogP contribution in [0.1, 0.15) is 28.9 Å². The molecule has 1 saturated heterocycles. The van der Waals surface area contributed by atoms with Crippen LogP contribution in [0, 0.1) is 6.92 Å². The molecule has 0 bridgehead atoms. The molecular weight excluding hydrogens is 478 g/mol. The number of sulfonamides is 1. The Balaban J connectivity index is 1.58. The van der Waals surface area contributed by atoms with Gasteiger partial charge in [0.2, 0.25) is 10.0 Å². The van der Waals surface area contributed by atoms with Crippen LogP contribution in [0.5, 0.6) is 0 Å². The first-order valence-corrected chi connectivity index (χ1v) is 13.4. The van der Waals surface area contributed by atoms with Gasteiger partial charge in [-0.3, -0.25) is 9.71 Å². The highest BCUT2D eigenvalue weighted by molar-refractivity contribution is 7.92. The molecular formula is C26H25N5O2S2. The Morgan fingerprint density at radius 1 is 1.00 bits per heavy atom. The lowest BCUT2D eigenvalue weighted by atomic mass is 9.98. The summed E-state index contributed by atoms with van der Waals surface area (Å²) in [5, 5.41) is 4.05. The second-order valence-electron chi connectivity index (χ2n) is 8.56. The predicted octanol–water partition coefficient (Wildman–Crippen LogP) is 4.73. The zero-order valence-corrected chi connectivity index (χ0v) is 20.9. The first kappa shape index (κ1) is 23.1. The molecule has 0 aliphatic carbocycles. The molecule has 0 amide bonds.